The largest absolute Gasteiger partial charge is 2.00 e. The first-order valence-electron chi connectivity index (χ1n) is 0.698. The van der Waals surface area contributed by atoms with Crippen LogP contribution in [0.1, 0.15) is 2.85 Å². The molecule has 0 unspecified atom stereocenters. The van der Waals surface area contributed by atoms with E-state index in [1.165, 1.54) is 0 Å². The Bertz CT molecular complexity index is 102. The van der Waals surface area contributed by atoms with Crippen LogP contribution < -0.4 is 0 Å². The van der Waals surface area contributed by atoms with Gasteiger partial charge in [-0.25, -0.2) is 0 Å². The van der Waals surface area contributed by atoms with Gasteiger partial charge in [0.25, 0.3) is 0 Å². The van der Waals surface area contributed by atoms with E-state index in [4.69, 9.17) is 17.5 Å². The topological polar surface area (TPSA) is 74.6 Å². The third kappa shape index (κ3) is 78.8. The molecule has 0 atom stereocenters. The van der Waals surface area contributed by atoms with Crippen molar-refractivity contribution < 1.29 is 42.1 Å². The van der Waals surface area contributed by atoms with Crippen molar-refractivity contribution >= 4 is 48.1 Å². The molecule has 0 fully saturated rings. The van der Waals surface area contributed by atoms with Gasteiger partial charge in [-0.1, -0.05) is 0 Å². The summed E-state index contributed by atoms with van der Waals surface area (Å²) in [7, 11) is -4.67. The maximum atomic E-state index is 8.74. The number of hydrogen-bond acceptors (Lipinski definition) is 2. The summed E-state index contributed by atoms with van der Waals surface area (Å²) >= 11 is 0. The number of rotatable bonds is 0. The molecule has 0 aliphatic heterocycles. The van der Waals surface area contributed by atoms with E-state index in [2.05, 4.69) is 0 Å². The second-order valence-electron chi connectivity index (χ2n) is 0.448. The van der Waals surface area contributed by atoms with Crippen LogP contribution in [0.3, 0.4) is 0 Å². The molecule has 0 aromatic carbocycles. The van der Waals surface area contributed by atoms with E-state index in [1.54, 1.807) is 0 Å². The van der Waals surface area contributed by atoms with Gasteiger partial charge in [-0.3, -0.25) is 9.11 Å². The molecule has 0 aliphatic rings. The zero-order chi connectivity index (χ0) is 4.50. The minimum Gasteiger partial charge on any atom is -1.00 e. The molecule has 0 aromatic rings. The summed E-state index contributed by atoms with van der Waals surface area (Å²) < 4.78 is 31.6. The third-order valence-corrected chi connectivity index (χ3v) is 0. The van der Waals surface area contributed by atoms with Crippen molar-refractivity contribution in [2.24, 2.45) is 0 Å². The second kappa shape index (κ2) is 5.97. The molecular formula is H4CaO4STi. The summed E-state index contributed by atoms with van der Waals surface area (Å²) in [5.41, 5.74) is 0. The Labute approximate surface area is 89.1 Å². The van der Waals surface area contributed by atoms with Crippen LogP contribution in [-0.4, -0.2) is 55.3 Å². The molecule has 4 nitrogen and oxygen atoms in total. The zero-order valence-electron chi connectivity index (χ0n) is 5.33. The van der Waals surface area contributed by atoms with Gasteiger partial charge in [0, 0.05) is 21.7 Å². The van der Waals surface area contributed by atoms with Crippen LogP contribution in [0.5, 0.6) is 0 Å². The molecule has 0 radical (unpaired) electrons. The molecule has 40 valence electrons. The molecule has 0 saturated heterocycles. The van der Waals surface area contributed by atoms with Crippen LogP contribution >= 0.6 is 0 Å². The molecule has 0 rings (SSSR count). The van der Waals surface area contributed by atoms with E-state index in [-0.39, 0.29) is 62.3 Å². The van der Waals surface area contributed by atoms with Crippen LogP contribution in [0.15, 0.2) is 0 Å². The molecular weight excluding hydrogens is 184 g/mol. The molecule has 7 heavy (non-hydrogen) atoms. The van der Waals surface area contributed by atoms with Crippen LogP contribution in [0.25, 0.3) is 0 Å². The Kier molecular flexibility index (Phi) is 13.6. The van der Waals surface area contributed by atoms with Gasteiger partial charge in [0.1, 0.15) is 0 Å². The van der Waals surface area contributed by atoms with Gasteiger partial charge in [-0.05, 0) is 0 Å². The van der Waals surface area contributed by atoms with E-state index in [1.807, 2.05) is 0 Å². The molecule has 7 heteroatoms. The molecule has 0 amide bonds. The van der Waals surface area contributed by atoms with Crippen molar-refractivity contribution in [1.29, 1.82) is 0 Å². The van der Waals surface area contributed by atoms with Gasteiger partial charge in [0.2, 0.25) is 0 Å². The fraction of sp³-hybridized carbons (Fsp3) is 0. The van der Waals surface area contributed by atoms with Gasteiger partial charge >= 0.3 is 48.1 Å². The van der Waals surface area contributed by atoms with E-state index in [9.17, 15) is 0 Å². The summed E-state index contributed by atoms with van der Waals surface area (Å²) in [5, 5.41) is 0. The Morgan fingerprint density at radius 1 is 1.29 bits per heavy atom. The Hall–Kier alpha value is 1.84. The van der Waals surface area contributed by atoms with E-state index < -0.39 is 10.4 Å². The summed E-state index contributed by atoms with van der Waals surface area (Å²) in [6.45, 7) is 0. The van der Waals surface area contributed by atoms with Crippen molar-refractivity contribution in [3.63, 3.8) is 0 Å². The van der Waals surface area contributed by atoms with Gasteiger partial charge in [0.05, 0.1) is 0 Å². The Morgan fingerprint density at radius 2 is 1.29 bits per heavy atom. The van der Waals surface area contributed by atoms with Crippen LogP contribution in [0.4, 0.5) is 0 Å². The van der Waals surface area contributed by atoms with E-state index in [0.29, 0.717) is 0 Å². The van der Waals surface area contributed by atoms with E-state index >= 15 is 0 Å². The molecule has 0 spiro atoms. The Morgan fingerprint density at radius 3 is 1.29 bits per heavy atom. The van der Waals surface area contributed by atoms with Crippen molar-refractivity contribution in [3.8, 4) is 0 Å². The fourth-order valence-electron chi connectivity index (χ4n) is 0. The van der Waals surface area contributed by atoms with Crippen molar-refractivity contribution in [2.75, 3.05) is 0 Å². The van der Waals surface area contributed by atoms with Crippen LogP contribution in [0, 0.1) is 0 Å². The monoisotopic (exact) mass is 188 g/mol. The second-order valence-corrected chi connectivity index (χ2v) is 1.34. The minimum absolute atomic E-state index is 0. The third-order valence-electron chi connectivity index (χ3n) is 0. The Balaban J connectivity index is -0.0000000133. The van der Waals surface area contributed by atoms with Crippen LogP contribution in [-0.2, 0) is 32.1 Å². The summed E-state index contributed by atoms with van der Waals surface area (Å²) in [6.07, 6.45) is 0. The van der Waals surface area contributed by atoms with Gasteiger partial charge in [-0.15, -0.1) is 0 Å². The van der Waals surface area contributed by atoms with Gasteiger partial charge < -0.3 is 2.85 Å². The van der Waals surface area contributed by atoms with Crippen molar-refractivity contribution in [2.45, 2.75) is 0 Å². The average molecular weight is 188 g/mol. The predicted molar refractivity (Wildman–Crippen MR) is 22.2 cm³/mol. The first kappa shape index (κ1) is 15.9. The summed E-state index contributed by atoms with van der Waals surface area (Å²) in [4.78, 5) is 0. The summed E-state index contributed by atoms with van der Waals surface area (Å²) in [5.74, 6) is 0. The van der Waals surface area contributed by atoms with E-state index in [0.717, 1.165) is 0 Å². The SMILES string of the molecule is O=S(=O)(O)O.[Ca+2].[H-].[H-].[Ti]. The smallest absolute Gasteiger partial charge is 1.00 e. The molecule has 0 saturated carbocycles. The molecule has 0 bridgehead atoms. The molecule has 0 aliphatic carbocycles. The zero-order valence-corrected chi connectivity index (χ0v) is 7.91. The maximum Gasteiger partial charge on any atom is 2.00 e. The van der Waals surface area contributed by atoms with Gasteiger partial charge in [-0.2, -0.15) is 8.42 Å². The normalized spacial score (nSPS) is 8.29. The maximum absolute atomic E-state index is 8.74. The predicted octanol–water partition coefficient (Wildman–Crippen LogP) is -0.811. The first-order valence-corrected chi connectivity index (χ1v) is 2.10. The van der Waals surface area contributed by atoms with Crippen molar-refractivity contribution in [1.82, 2.24) is 0 Å². The minimum atomic E-state index is -4.67. The standard InChI is InChI=1S/Ca.H2O4S.Ti.2H/c;1-5(2,3)4;;;/h;(H2,1,2,3,4);;;/q+2;;;2*-1. The quantitative estimate of drug-likeness (QED) is 0.385. The van der Waals surface area contributed by atoms with Gasteiger partial charge in [0.15, 0.2) is 0 Å². The first-order chi connectivity index (χ1) is 2.00. The fourth-order valence-corrected chi connectivity index (χ4v) is 0. The number of hydrogen-bond donors (Lipinski definition) is 2. The summed E-state index contributed by atoms with van der Waals surface area (Å²) in [6, 6.07) is 0. The molecule has 0 heterocycles. The van der Waals surface area contributed by atoms with Crippen LogP contribution in [0.2, 0.25) is 0 Å². The molecule has 2 N–H and O–H groups in total. The average Bonchev–Trinajstić information content (AvgIpc) is 0.722. The molecule has 0 aromatic heterocycles. The van der Waals surface area contributed by atoms with Crippen molar-refractivity contribution in [3.05, 3.63) is 0 Å².